The van der Waals surface area contributed by atoms with Gasteiger partial charge in [0.25, 0.3) is 0 Å². The molecule has 0 spiro atoms. The van der Waals surface area contributed by atoms with Gasteiger partial charge in [-0.3, -0.25) is 19.7 Å². The van der Waals surface area contributed by atoms with Crippen LogP contribution in [0, 0.1) is 0 Å². The van der Waals surface area contributed by atoms with E-state index >= 15 is 0 Å². The molecule has 1 heterocycles. The number of carboxylic acid groups (broad SMARTS) is 1. The second-order valence-corrected chi connectivity index (χ2v) is 6.25. The van der Waals surface area contributed by atoms with Crippen LogP contribution < -0.4 is 15.5 Å². The Balaban J connectivity index is 0.00000338. The average Bonchev–Trinajstić information content (AvgIpc) is 3.01. The number of carboxylic acids is 1. The highest BCUT2D eigenvalue weighted by atomic mass is 35.5. The molecule has 1 aromatic rings. The Morgan fingerprint density at radius 1 is 1.27 bits per heavy atom. The Kier molecular flexibility index (Phi) is 8.54. The molecular formula is C18H26ClN3O4. The van der Waals surface area contributed by atoms with E-state index in [1.807, 2.05) is 6.92 Å². The van der Waals surface area contributed by atoms with E-state index in [4.69, 9.17) is 5.11 Å². The molecule has 2 atom stereocenters. The van der Waals surface area contributed by atoms with Crippen LogP contribution in [-0.4, -0.2) is 41.5 Å². The molecule has 1 saturated heterocycles. The van der Waals surface area contributed by atoms with Crippen LogP contribution in [0.1, 0.15) is 39.5 Å². The molecule has 26 heavy (non-hydrogen) atoms. The van der Waals surface area contributed by atoms with Crippen molar-refractivity contribution in [2.45, 2.75) is 51.6 Å². The summed E-state index contributed by atoms with van der Waals surface area (Å²) in [7, 11) is 0. The fourth-order valence-corrected chi connectivity index (χ4v) is 2.84. The van der Waals surface area contributed by atoms with Gasteiger partial charge in [0, 0.05) is 24.3 Å². The van der Waals surface area contributed by atoms with Crippen molar-refractivity contribution >= 4 is 41.6 Å². The summed E-state index contributed by atoms with van der Waals surface area (Å²) in [4.78, 5) is 36.9. The summed E-state index contributed by atoms with van der Waals surface area (Å²) in [5.41, 5.74) is 1.43. The van der Waals surface area contributed by atoms with Gasteiger partial charge in [-0.2, -0.15) is 0 Å². The predicted molar refractivity (Wildman–Crippen MR) is 103 cm³/mol. The van der Waals surface area contributed by atoms with Gasteiger partial charge in [0.1, 0.15) is 6.04 Å². The maximum Gasteiger partial charge on any atom is 0.320 e. The third kappa shape index (κ3) is 5.71. The van der Waals surface area contributed by atoms with E-state index in [-0.39, 0.29) is 24.2 Å². The fraction of sp³-hybridized carbons (Fsp3) is 0.500. The average molecular weight is 384 g/mol. The Hall–Kier alpha value is -2.12. The zero-order valence-electron chi connectivity index (χ0n) is 15.0. The van der Waals surface area contributed by atoms with Crippen molar-refractivity contribution < 1.29 is 19.5 Å². The third-order valence-corrected chi connectivity index (χ3v) is 4.24. The lowest BCUT2D eigenvalue weighted by molar-refractivity contribution is -0.140. The number of carbonyl (C=O) groups excluding carboxylic acids is 2. The topological polar surface area (TPSA) is 98.7 Å². The number of anilines is 2. The molecule has 2 amide bonds. The third-order valence-electron chi connectivity index (χ3n) is 4.24. The number of halogens is 1. The summed E-state index contributed by atoms with van der Waals surface area (Å²) >= 11 is 0. The minimum Gasteiger partial charge on any atom is -0.480 e. The number of aliphatic carboxylic acids is 1. The van der Waals surface area contributed by atoms with Crippen LogP contribution in [0.15, 0.2) is 24.3 Å². The highest BCUT2D eigenvalue weighted by Gasteiger charge is 2.23. The van der Waals surface area contributed by atoms with Crippen LogP contribution in [0.3, 0.4) is 0 Å². The second kappa shape index (κ2) is 10.1. The molecule has 2 rings (SSSR count). The van der Waals surface area contributed by atoms with Crippen molar-refractivity contribution in [3.8, 4) is 0 Å². The van der Waals surface area contributed by atoms with Gasteiger partial charge in [-0.1, -0.05) is 13.3 Å². The van der Waals surface area contributed by atoms with Crippen LogP contribution in [0.2, 0.25) is 0 Å². The number of rotatable bonds is 8. The number of benzene rings is 1. The maximum atomic E-state index is 12.2. The molecule has 144 valence electrons. The number of hydrogen-bond acceptors (Lipinski definition) is 4. The van der Waals surface area contributed by atoms with Crippen LogP contribution >= 0.6 is 12.4 Å². The van der Waals surface area contributed by atoms with Gasteiger partial charge in [0.05, 0.1) is 6.04 Å². The molecule has 1 fully saturated rings. The first-order valence-electron chi connectivity index (χ1n) is 8.62. The summed E-state index contributed by atoms with van der Waals surface area (Å²) in [5.74, 6) is -1.14. The van der Waals surface area contributed by atoms with Crippen molar-refractivity contribution in [2.24, 2.45) is 0 Å². The van der Waals surface area contributed by atoms with Crippen LogP contribution in [0.25, 0.3) is 0 Å². The van der Waals surface area contributed by atoms with Gasteiger partial charge in [-0.25, -0.2) is 0 Å². The molecule has 1 aliphatic rings. The highest BCUT2D eigenvalue weighted by Crippen LogP contribution is 2.23. The van der Waals surface area contributed by atoms with Gasteiger partial charge in [0.2, 0.25) is 11.8 Å². The minimum absolute atomic E-state index is 0. The van der Waals surface area contributed by atoms with E-state index < -0.39 is 18.1 Å². The fourth-order valence-electron chi connectivity index (χ4n) is 2.84. The number of nitrogens with one attached hydrogen (secondary N) is 2. The maximum absolute atomic E-state index is 12.2. The van der Waals surface area contributed by atoms with Crippen LogP contribution in [0.5, 0.6) is 0 Å². The summed E-state index contributed by atoms with van der Waals surface area (Å²) in [6.45, 7) is 4.26. The van der Waals surface area contributed by atoms with E-state index in [0.29, 0.717) is 18.5 Å². The summed E-state index contributed by atoms with van der Waals surface area (Å²) in [6, 6.07) is 5.71. The van der Waals surface area contributed by atoms with Crippen LogP contribution in [-0.2, 0) is 14.4 Å². The first-order chi connectivity index (χ1) is 11.9. The molecule has 0 aliphatic carbocycles. The molecule has 1 aliphatic heterocycles. The molecular weight excluding hydrogens is 358 g/mol. The molecule has 7 nitrogen and oxygen atoms in total. The van der Waals surface area contributed by atoms with Crippen LogP contribution in [0.4, 0.5) is 11.4 Å². The van der Waals surface area contributed by atoms with Crippen molar-refractivity contribution in [3.05, 3.63) is 24.3 Å². The Morgan fingerprint density at radius 2 is 1.92 bits per heavy atom. The predicted octanol–water partition coefficient (Wildman–Crippen LogP) is 2.41. The Bertz CT molecular complexity index is 636. The monoisotopic (exact) mass is 383 g/mol. The minimum atomic E-state index is -0.957. The van der Waals surface area contributed by atoms with Crippen molar-refractivity contribution in [1.82, 2.24) is 5.32 Å². The summed E-state index contributed by atoms with van der Waals surface area (Å²) in [6.07, 6.45) is 2.62. The molecule has 1 aromatic carbocycles. The largest absolute Gasteiger partial charge is 0.480 e. The lowest BCUT2D eigenvalue weighted by Gasteiger charge is -2.20. The normalized spacial score (nSPS) is 15.9. The Morgan fingerprint density at radius 3 is 2.42 bits per heavy atom. The van der Waals surface area contributed by atoms with Gasteiger partial charge < -0.3 is 15.3 Å². The zero-order valence-corrected chi connectivity index (χ0v) is 15.8. The quantitative estimate of drug-likeness (QED) is 0.640. The van der Waals surface area contributed by atoms with Crippen molar-refractivity contribution in [1.29, 1.82) is 0 Å². The zero-order chi connectivity index (χ0) is 18.4. The highest BCUT2D eigenvalue weighted by molar-refractivity contribution is 5.97. The summed E-state index contributed by atoms with van der Waals surface area (Å²) in [5, 5.41) is 14.7. The molecule has 2 unspecified atom stereocenters. The first kappa shape index (κ1) is 21.9. The van der Waals surface area contributed by atoms with E-state index in [2.05, 4.69) is 10.6 Å². The van der Waals surface area contributed by atoms with Gasteiger partial charge in [-0.05, 0) is 44.0 Å². The number of nitrogens with zero attached hydrogens (tertiary/aromatic N) is 1. The molecule has 3 N–H and O–H groups in total. The SMILES string of the molecule is CCCC(NC(C)C(=O)Nc1ccc(N2CCCC2=O)cc1)C(=O)O.Cl. The molecule has 0 saturated carbocycles. The summed E-state index contributed by atoms with van der Waals surface area (Å²) < 4.78 is 0. The van der Waals surface area contributed by atoms with E-state index in [1.165, 1.54) is 0 Å². The Labute approximate surface area is 159 Å². The lowest BCUT2D eigenvalue weighted by Crippen LogP contribution is -2.47. The molecule has 8 heteroatoms. The van der Waals surface area contributed by atoms with Gasteiger partial charge in [-0.15, -0.1) is 12.4 Å². The van der Waals surface area contributed by atoms with Gasteiger partial charge >= 0.3 is 5.97 Å². The van der Waals surface area contributed by atoms with E-state index in [1.54, 1.807) is 36.1 Å². The number of carbonyl (C=O) groups is 3. The van der Waals surface area contributed by atoms with E-state index in [0.717, 1.165) is 25.1 Å². The molecule has 0 bridgehead atoms. The number of amides is 2. The standard InChI is InChI=1S/C18H25N3O4.ClH/c1-3-5-15(18(24)25)19-12(2)17(23)20-13-7-9-14(10-8-13)21-11-4-6-16(21)22;/h7-10,12,15,19H,3-6,11H2,1-2H3,(H,20,23)(H,24,25);1H. The van der Waals surface area contributed by atoms with Crippen molar-refractivity contribution in [2.75, 3.05) is 16.8 Å². The second-order valence-electron chi connectivity index (χ2n) is 6.25. The first-order valence-corrected chi connectivity index (χ1v) is 8.62. The molecule has 0 aromatic heterocycles. The van der Waals surface area contributed by atoms with Gasteiger partial charge in [0.15, 0.2) is 0 Å². The smallest absolute Gasteiger partial charge is 0.320 e. The number of hydrogen-bond donors (Lipinski definition) is 3. The van der Waals surface area contributed by atoms with E-state index in [9.17, 15) is 14.4 Å². The van der Waals surface area contributed by atoms with Crippen molar-refractivity contribution in [3.63, 3.8) is 0 Å². The lowest BCUT2D eigenvalue weighted by atomic mass is 10.1. The molecule has 0 radical (unpaired) electrons.